The number of halogens is 2. The largest absolute Gasteiger partial charge is 0.322 e. The maximum absolute atomic E-state index is 11.9. The minimum absolute atomic E-state index is 0.231. The molecule has 0 unspecified atom stereocenters. The molecule has 1 heterocycles. The van der Waals surface area contributed by atoms with Gasteiger partial charge in [-0.15, -0.1) is 0 Å². The first-order chi connectivity index (χ1) is 9.37. The van der Waals surface area contributed by atoms with Crippen LogP contribution in [-0.2, 0) is 14.8 Å². The van der Waals surface area contributed by atoms with Gasteiger partial charge in [-0.2, -0.15) is 0 Å². The molecule has 8 heteroatoms. The van der Waals surface area contributed by atoms with Crippen molar-refractivity contribution in [2.75, 3.05) is 19.0 Å². The summed E-state index contributed by atoms with van der Waals surface area (Å²) in [4.78, 5) is 13.2. The Kier molecular flexibility index (Phi) is 4.70. The number of hydrogen-bond donors (Lipinski definition) is 1. The predicted molar refractivity (Wildman–Crippen MR) is 79.0 cm³/mol. The predicted octanol–water partition coefficient (Wildman–Crippen LogP) is 1.73. The zero-order valence-corrected chi connectivity index (χ0v) is 12.7. The van der Waals surface area contributed by atoms with E-state index in [9.17, 15) is 13.2 Å². The molecule has 1 N–H and O–H groups in total. The van der Waals surface area contributed by atoms with Crippen molar-refractivity contribution in [2.24, 2.45) is 0 Å². The van der Waals surface area contributed by atoms with Crippen molar-refractivity contribution in [2.45, 2.75) is 0 Å². The maximum Gasteiger partial charge on any atom is 0.247 e. The summed E-state index contributed by atoms with van der Waals surface area (Å²) in [5, 5.41) is 0.828. The normalized spacial score (nSPS) is 18.4. The molecule has 0 atom stereocenters. The van der Waals surface area contributed by atoms with Gasteiger partial charge in [-0.1, -0.05) is 29.3 Å². The van der Waals surface area contributed by atoms with E-state index >= 15 is 0 Å². The third-order valence-electron chi connectivity index (χ3n) is 2.70. The molecule has 108 valence electrons. The third kappa shape index (κ3) is 3.96. The molecular weight excluding hydrogens is 323 g/mol. The molecule has 0 saturated carbocycles. The first-order valence-corrected chi connectivity index (χ1v) is 8.17. The number of sulfonamides is 1. The van der Waals surface area contributed by atoms with Gasteiger partial charge in [0, 0.05) is 19.2 Å². The van der Waals surface area contributed by atoms with Crippen LogP contribution in [-0.4, -0.2) is 38.2 Å². The van der Waals surface area contributed by atoms with Crippen molar-refractivity contribution in [3.63, 3.8) is 0 Å². The van der Waals surface area contributed by atoms with Crippen molar-refractivity contribution in [3.8, 4) is 0 Å². The van der Waals surface area contributed by atoms with E-state index < -0.39 is 10.0 Å². The van der Waals surface area contributed by atoms with Gasteiger partial charge in [-0.25, -0.2) is 13.1 Å². The van der Waals surface area contributed by atoms with Crippen LogP contribution in [0.15, 0.2) is 24.3 Å². The molecule has 1 aliphatic rings. The second-order valence-corrected chi connectivity index (χ2v) is 6.84. The standard InChI is InChI=1S/C12H12Cl2N2O3S/c13-10-3-1-9(7-11(10)14)2-4-12(17)16-6-5-15-20(18,19)8-16/h1-4,7,15H,5-6,8H2. The van der Waals surface area contributed by atoms with Gasteiger partial charge in [0.15, 0.2) is 0 Å². The Labute approximate surface area is 127 Å². The highest BCUT2D eigenvalue weighted by atomic mass is 35.5. The van der Waals surface area contributed by atoms with Gasteiger partial charge < -0.3 is 4.90 Å². The lowest BCUT2D eigenvalue weighted by atomic mass is 10.2. The summed E-state index contributed by atoms with van der Waals surface area (Å²) < 4.78 is 25.1. The lowest BCUT2D eigenvalue weighted by molar-refractivity contribution is -0.125. The van der Waals surface area contributed by atoms with Crippen LogP contribution in [0.4, 0.5) is 0 Å². The van der Waals surface area contributed by atoms with Crippen LogP contribution in [0, 0.1) is 0 Å². The number of benzene rings is 1. The van der Waals surface area contributed by atoms with E-state index in [1.54, 1.807) is 24.3 Å². The SMILES string of the molecule is O=C(C=Cc1ccc(Cl)c(Cl)c1)N1CCNS(=O)(=O)C1. The second kappa shape index (κ2) is 6.13. The average molecular weight is 335 g/mol. The minimum atomic E-state index is -3.39. The van der Waals surface area contributed by atoms with E-state index in [0.717, 1.165) is 0 Å². The van der Waals surface area contributed by atoms with Crippen molar-refractivity contribution in [1.82, 2.24) is 9.62 Å². The van der Waals surface area contributed by atoms with E-state index in [2.05, 4.69) is 4.72 Å². The van der Waals surface area contributed by atoms with Gasteiger partial charge in [0.2, 0.25) is 15.9 Å². The monoisotopic (exact) mass is 334 g/mol. The number of hydrogen-bond acceptors (Lipinski definition) is 3. The molecule has 0 aromatic heterocycles. The Morgan fingerprint density at radius 1 is 1.30 bits per heavy atom. The highest BCUT2D eigenvalue weighted by molar-refractivity contribution is 7.89. The Morgan fingerprint density at radius 2 is 2.05 bits per heavy atom. The summed E-state index contributed by atoms with van der Waals surface area (Å²) >= 11 is 11.7. The summed E-state index contributed by atoms with van der Waals surface area (Å²) in [6.45, 7) is 0.582. The molecule has 1 amide bonds. The lowest BCUT2D eigenvalue weighted by Gasteiger charge is -2.25. The molecule has 1 aromatic rings. The van der Waals surface area contributed by atoms with Crippen LogP contribution in [0.5, 0.6) is 0 Å². The first kappa shape index (κ1) is 15.3. The molecule has 1 saturated heterocycles. The molecule has 0 bridgehead atoms. The number of amides is 1. The van der Waals surface area contributed by atoms with Gasteiger partial charge in [-0.3, -0.25) is 4.79 Å². The van der Waals surface area contributed by atoms with Crippen molar-refractivity contribution in [1.29, 1.82) is 0 Å². The fourth-order valence-electron chi connectivity index (χ4n) is 1.71. The summed E-state index contributed by atoms with van der Waals surface area (Å²) in [6.07, 6.45) is 2.89. The molecule has 1 aliphatic heterocycles. The zero-order chi connectivity index (χ0) is 14.8. The molecule has 0 radical (unpaired) electrons. The number of nitrogens with one attached hydrogen (secondary N) is 1. The summed E-state index contributed by atoms with van der Waals surface area (Å²) in [6, 6.07) is 4.97. The van der Waals surface area contributed by atoms with E-state index in [-0.39, 0.29) is 18.3 Å². The van der Waals surface area contributed by atoms with Gasteiger partial charge in [-0.05, 0) is 23.8 Å². The topological polar surface area (TPSA) is 66.5 Å². The molecule has 20 heavy (non-hydrogen) atoms. The Morgan fingerprint density at radius 3 is 2.70 bits per heavy atom. The summed E-state index contributed by atoms with van der Waals surface area (Å²) in [7, 11) is -3.39. The average Bonchev–Trinajstić information content (AvgIpc) is 2.38. The number of carbonyl (C=O) groups excluding carboxylic acids is 1. The third-order valence-corrected chi connectivity index (χ3v) is 4.74. The highest BCUT2D eigenvalue weighted by Gasteiger charge is 2.24. The van der Waals surface area contributed by atoms with Crippen LogP contribution in [0.3, 0.4) is 0 Å². The second-order valence-electron chi connectivity index (χ2n) is 4.25. The molecule has 0 aliphatic carbocycles. The minimum Gasteiger partial charge on any atom is -0.322 e. The summed E-state index contributed by atoms with van der Waals surface area (Å²) in [5.74, 6) is -0.682. The molecule has 0 spiro atoms. The fraction of sp³-hybridized carbons (Fsp3) is 0.250. The summed E-state index contributed by atoms with van der Waals surface area (Å²) in [5.41, 5.74) is 0.714. The van der Waals surface area contributed by atoms with Gasteiger partial charge in [0.1, 0.15) is 5.88 Å². The first-order valence-electron chi connectivity index (χ1n) is 5.77. The van der Waals surface area contributed by atoms with Gasteiger partial charge >= 0.3 is 0 Å². The lowest BCUT2D eigenvalue weighted by Crippen LogP contribution is -2.49. The van der Waals surface area contributed by atoms with E-state index in [1.807, 2.05) is 0 Å². The van der Waals surface area contributed by atoms with Crippen LogP contribution >= 0.6 is 23.2 Å². The molecule has 1 aromatic carbocycles. The van der Waals surface area contributed by atoms with Crippen LogP contribution in [0.1, 0.15) is 5.56 Å². The van der Waals surface area contributed by atoms with Crippen molar-refractivity contribution in [3.05, 3.63) is 39.9 Å². The molecule has 1 fully saturated rings. The smallest absolute Gasteiger partial charge is 0.247 e. The molecule has 5 nitrogen and oxygen atoms in total. The van der Waals surface area contributed by atoms with E-state index in [1.165, 1.54) is 11.0 Å². The van der Waals surface area contributed by atoms with Crippen LogP contribution in [0.25, 0.3) is 6.08 Å². The van der Waals surface area contributed by atoms with Crippen LogP contribution in [0.2, 0.25) is 10.0 Å². The van der Waals surface area contributed by atoms with Crippen molar-refractivity contribution >= 4 is 45.2 Å². The van der Waals surface area contributed by atoms with Crippen LogP contribution < -0.4 is 4.72 Å². The van der Waals surface area contributed by atoms with E-state index in [4.69, 9.17) is 23.2 Å². The van der Waals surface area contributed by atoms with Gasteiger partial charge in [0.25, 0.3) is 0 Å². The Bertz CT molecular complexity index is 659. The Hall–Kier alpha value is -1.08. The number of carbonyl (C=O) groups is 1. The quantitative estimate of drug-likeness (QED) is 0.837. The molecular formula is C12H12Cl2N2O3S. The van der Waals surface area contributed by atoms with E-state index in [0.29, 0.717) is 22.2 Å². The number of nitrogens with zero attached hydrogens (tertiary/aromatic N) is 1. The fourth-order valence-corrected chi connectivity index (χ4v) is 3.18. The van der Waals surface area contributed by atoms with Crippen molar-refractivity contribution < 1.29 is 13.2 Å². The highest BCUT2D eigenvalue weighted by Crippen LogP contribution is 2.23. The van der Waals surface area contributed by atoms with Gasteiger partial charge in [0.05, 0.1) is 10.0 Å². The maximum atomic E-state index is 11.9. The zero-order valence-electron chi connectivity index (χ0n) is 10.3. The molecule has 2 rings (SSSR count). The number of rotatable bonds is 2. The Balaban J connectivity index is 2.07.